The second-order valence-electron chi connectivity index (χ2n) is 9.29. The zero-order valence-electron chi connectivity index (χ0n) is 19.1. The lowest BCUT2D eigenvalue weighted by Gasteiger charge is -2.39. The number of fused-ring (bicyclic) bond motifs is 1. The van der Waals surface area contributed by atoms with E-state index >= 15 is 4.39 Å². The minimum Gasteiger partial charge on any atom is -0.476 e. The lowest BCUT2D eigenvalue weighted by molar-refractivity contribution is -0.131. The first-order chi connectivity index (χ1) is 15.0. The van der Waals surface area contributed by atoms with Crippen molar-refractivity contribution in [1.82, 2.24) is 0 Å². The van der Waals surface area contributed by atoms with Crippen molar-refractivity contribution in [2.75, 3.05) is 15.9 Å². The summed E-state index contributed by atoms with van der Waals surface area (Å²) in [4.78, 5) is 26.0. The van der Waals surface area contributed by atoms with Crippen molar-refractivity contribution in [3.8, 4) is 11.5 Å². The first-order valence-electron chi connectivity index (χ1n) is 9.96. The Balaban J connectivity index is 2.25. The van der Waals surface area contributed by atoms with Gasteiger partial charge in [-0.05, 0) is 43.0 Å². The normalized spacial score (nSPS) is 15.5. The quantitative estimate of drug-likeness (QED) is 0.687. The Morgan fingerprint density at radius 1 is 1.21 bits per heavy atom. The van der Waals surface area contributed by atoms with Gasteiger partial charge >= 0.3 is 6.09 Å². The van der Waals surface area contributed by atoms with Crippen LogP contribution in [-0.2, 0) is 20.2 Å². The minimum atomic E-state index is -3.54. The van der Waals surface area contributed by atoms with Gasteiger partial charge in [-0.1, -0.05) is 20.8 Å². The highest BCUT2D eigenvalue weighted by atomic mass is 32.2. The van der Waals surface area contributed by atoms with Crippen molar-refractivity contribution >= 4 is 39.1 Å². The van der Waals surface area contributed by atoms with Gasteiger partial charge < -0.3 is 15.2 Å². The number of ether oxygens (including phenoxy) is 2. The van der Waals surface area contributed by atoms with Gasteiger partial charge in [-0.2, -0.15) is 0 Å². The van der Waals surface area contributed by atoms with Crippen molar-refractivity contribution in [1.29, 1.82) is 0 Å². The van der Waals surface area contributed by atoms with E-state index in [-0.39, 0.29) is 22.7 Å². The van der Waals surface area contributed by atoms with E-state index in [4.69, 9.17) is 15.2 Å². The Bertz CT molecular complexity index is 1250. The molecule has 0 saturated heterocycles. The summed E-state index contributed by atoms with van der Waals surface area (Å²) in [5, 5.41) is 0. The largest absolute Gasteiger partial charge is 0.476 e. The summed E-state index contributed by atoms with van der Waals surface area (Å²) >= 11 is 0. The Labute approximate surface area is 191 Å². The third-order valence-electron chi connectivity index (χ3n) is 4.89. The molecule has 3 rings (SSSR count). The number of carbonyl (C=O) groups is 2. The fourth-order valence-electron chi connectivity index (χ4n) is 3.45. The van der Waals surface area contributed by atoms with Crippen LogP contribution in [0, 0.1) is 5.82 Å². The number of halogens is 1. The summed E-state index contributed by atoms with van der Waals surface area (Å²) in [6.07, 6.45) is -0.184. The number of sulfonamides is 1. The van der Waals surface area contributed by atoms with E-state index in [0.29, 0.717) is 5.69 Å². The molecule has 2 amide bonds. The SMILES string of the molecule is CC1(C)Oc2cc(NS(C)(=O)=O)ccc2N(c2cc(OC(N)=O)c(F)c(C(C)(C)C)c2)C1=O. The maximum absolute atomic E-state index is 15.1. The van der Waals surface area contributed by atoms with Gasteiger partial charge in [0.15, 0.2) is 17.2 Å². The van der Waals surface area contributed by atoms with Crippen molar-refractivity contribution in [3.05, 3.63) is 41.7 Å². The summed E-state index contributed by atoms with van der Waals surface area (Å²) in [5.74, 6) is -1.42. The van der Waals surface area contributed by atoms with Crippen LogP contribution in [0.15, 0.2) is 30.3 Å². The van der Waals surface area contributed by atoms with E-state index in [2.05, 4.69) is 4.72 Å². The molecule has 0 radical (unpaired) electrons. The van der Waals surface area contributed by atoms with Crippen LogP contribution >= 0.6 is 0 Å². The number of carbonyl (C=O) groups excluding carboxylic acids is 2. The average Bonchev–Trinajstić information content (AvgIpc) is 2.62. The fourth-order valence-corrected chi connectivity index (χ4v) is 4.01. The first kappa shape index (κ1) is 24.3. The molecule has 0 atom stereocenters. The molecule has 0 saturated carbocycles. The number of nitrogens with two attached hydrogens (primary N) is 1. The van der Waals surface area contributed by atoms with Crippen LogP contribution in [-0.4, -0.2) is 32.3 Å². The summed E-state index contributed by atoms with van der Waals surface area (Å²) in [6.45, 7) is 8.41. The molecule has 0 aromatic heterocycles. The highest BCUT2D eigenvalue weighted by Gasteiger charge is 2.42. The van der Waals surface area contributed by atoms with E-state index in [1.165, 1.54) is 35.2 Å². The van der Waals surface area contributed by atoms with Gasteiger partial charge in [0.25, 0.3) is 5.91 Å². The van der Waals surface area contributed by atoms with E-state index in [1.54, 1.807) is 34.6 Å². The number of hydrogen-bond donors (Lipinski definition) is 2. The molecule has 0 unspecified atom stereocenters. The third-order valence-corrected chi connectivity index (χ3v) is 5.49. The second-order valence-corrected chi connectivity index (χ2v) is 11.0. The van der Waals surface area contributed by atoms with Crippen LogP contribution in [0.4, 0.5) is 26.2 Å². The van der Waals surface area contributed by atoms with Crippen molar-refractivity contribution in [3.63, 3.8) is 0 Å². The van der Waals surface area contributed by atoms with Gasteiger partial charge in [0.2, 0.25) is 10.0 Å². The summed E-state index contributed by atoms with van der Waals surface area (Å²) in [5.41, 5.74) is 4.04. The van der Waals surface area contributed by atoms with E-state index < -0.39 is 44.6 Å². The van der Waals surface area contributed by atoms with Crippen LogP contribution in [0.5, 0.6) is 11.5 Å². The number of nitrogens with zero attached hydrogens (tertiary/aromatic N) is 1. The number of rotatable bonds is 4. The summed E-state index contributed by atoms with van der Waals surface area (Å²) in [6, 6.07) is 7.13. The second kappa shape index (κ2) is 7.91. The van der Waals surface area contributed by atoms with Crippen molar-refractivity contribution in [2.24, 2.45) is 5.73 Å². The highest BCUT2D eigenvalue weighted by molar-refractivity contribution is 7.92. The van der Waals surface area contributed by atoms with Crippen molar-refractivity contribution < 1.29 is 31.9 Å². The Morgan fingerprint density at radius 2 is 1.85 bits per heavy atom. The van der Waals surface area contributed by atoms with Crippen LogP contribution in [0.25, 0.3) is 0 Å². The summed E-state index contributed by atoms with van der Waals surface area (Å²) < 4.78 is 51.4. The Kier molecular flexibility index (Phi) is 5.82. The number of amides is 2. The molecule has 0 aliphatic carbocycles. The Morgan fingerprint density at radius 3 is 2.39 bits per heavy atom. The van der Waals surface area contributed by atoms with E-state index in [9.17, 15) is 18.0 Å². The van der Waals surface area contributed by atoms with Gasteiger partial charge in [-0.25, -0.2) is 17.6 Å². The van der Waals surface area contributed by atoms with Crippen molar-refractivity contribution in [2.45, 2.75) is 45.6 Å². The molecule has 9 nitrogen and oxygen atoms in total. The van der Waals surface area contributed by atoms with Gasteiger partial charge in [0.1, 0.15) is 5.75 Å². The molecule has 0 bridgehead atoms. The molecular formula is C22H26FN3O6S. The van der Waals surface area contributed by atoms with E-state index in [0.717, 1.165) is 6.26 Å². The van der Waals surface area contributed by atoms with Gasteiger partial charge in [0.05, 0.1) is 23.3 Å². The standard InChI is InChI=1S/C22H26FN3O6S/c1-21(2,3)14-10-13(11-17(18(14)23)31-20(24)28)26-15-8-7-12(25-33(6,29)30)9-16(15)32-22(4,5)19(26)27/h7-11,25H,1-6H3,(H2,24,28). The van der Waals surface area contributed by atoms with Crippen LogP contribution in [0.2, 0.25) is 0 Å². The average molecular weight is 480 g/mol. The van der Waals surface area contributed by atoms with Gasteiger partial charge in [-0.15, -0.1) is 0 Å². The number of anilines is 3. The molecule has 1 heterocycles. The van der Waals surface area contributed by atoms with Crippen LogP contribution < -0.4 is 24.8 Å². The zero-order chi connectivity index (χ0) is 24.9. The predicted octanol–water partition coefficient (Wildman–Crippen LogP) is 3.79. The molecule has 2 aromatic carbocycles. The molecule has 0 fully saturated rings. The minimum absolute atomic E-state index is 0.199. The lowest BCUT2D eigenvalue weighted by Crippen LogP contribution is -2.50. The van der Waals surface area contributed by atoms with E-state index in [1.807, 2.05) is 0 Å². The third kappa shape index (κ3) is 5.03. The number of hydrogen-bond acceptors (Lipinski definition) is 6. The molecule has 2 aromatic rings. The number of nitrogens with one attached hydrogen (secondary N) is 1. The summed E-state index contributed by atoms with van der Waals surface area (Å²) in [7, 11) is -3.54. The van der Waals surface area contributed by atoms with Gasteiger partial charge in [-0.3, -0.25) is 14.4 Å². The van der Waals surface area contributed by atoms with Gasteiger partial charge in [0, 0.05) is 12.1 Å². The first-order valence-corrected chi connectivity index (χ1v) is 11.9. The molecule has 3 N–H and O–H groups in total. The molecule has 33 heavy (non-hydrogen) atoms. The number of benzene rings is 2. The molecular weight excluding hydrogens is 453 g/mol. The van der Waals surface area contributed by atoms with Crippen LogP contribution in [0.1, 0.15) is 40.2 Å². The molecule has 178 valence electrons. The number of primary amides is 1. The molecule has 11 heteroatoms. The highest BCUT2D eigenvalue weighted by Crippen LogP contribution is 2.45. The lowest BCUT2D eigenvalue weighted by atomic mass is 9.86. The predicted molar refractivity (Wildman–Crippen MR) is 122 cm³/mol. The zero-order valence-corrected chi connectivity index (χ0v) is 20.0. The molecule has 0 spiro atoms. The topological polar surface area (TPSA) is 128 Å². The smallest absolute Gasteiger partial charge is 0.410 e. The monoisotopic (exact) mass is 479 g/mol. The Hall–Kier alpha value is -3.34. The maximum atomic E-state index is 15.1. The maximum Gasteiger partial charge on any atom is 0.410 e. The molecule has 1 aliphatic heterocycles. The van der Waals surface area contributed by atoms with Crippen LogP contribution in [0.3, 0.4) is 0 Å². The fraction of sp³-hybridized carbons (Fsp3) is 0.364. The molecule has 1 aliphatic rings.